The van der Waals surface area contributed by atoms with Gasteiger partial charge in [-0.2, -0.15) is 0 Å². The average molecular weight is 244 g/mol. The smallest absolute Gasteiger partial charge is 0.0805 e. The molecule has 0 saturated carbocycles. The maximum absolute atomic E-state index is 6.40. The third-order valence-corrected chi connectivity index (χ3v) is 4.50. The van der Waals surface area contributed by atoms with E-state index < -0.39 is 0 Å². The van der Waals surface area contributed by atoms with Gasteiger partial charge in [-0.05, 0) is 36.8 Å². The van der Waals surface area contributed by atoms with Crippen LogP contribution in [0.3, 0.4) is 0 Å². The molecule has 1 aromatic heterocycles. The molecule has 1 saturated heterocycles. The molecule has 0 N–H and O–H groups in total. The van der Waals surface area contributed by atoms with Crippen molar-refractivity contribution in [3.8, 4) is 0 Å². The summed E-state index contributed by atoms with van der Waals surface area (Å²) in [5.74, 6) is 0.839. The fourth-order valence-electron chi connectivity index (χ4n) is 2.24. The molecule has 0 bridgehead atoms. The van der Waals surface area contributed by atoms with E-state index in [1.54, 1.807) is 11.3 Å². The van der Waals surface area contributed by atoms with E-state index in [0.29, 0.717) is 0 Å². The molecule has 15 heavy (non-hydrogen) atoms. The third-order valence-electron chi connectivity index (χ3n) is 3.01. The van der Waals surface area contributed by atoms with Crippen molar-refractivity contribution in [1.82, 2.24) is 4.90 Å². The monoisotopic (exact) mass is 243 g/mol. The van der Waals surface area contributed by atoms with Gasteiger partial charge < -0.3 is 4.90 Å². The summed E-state index contributed by atoms with van der Waals surface area (Å²) in [6.07, 6.45) is 2.71. The predicted molar refractivity (Wildman–Crippen MR) is 67.8 cm³/mol. The molecule has 3 heteroatoms. The molecule has 1 aliphatic rings. The van der Waals surface area contributed by atoms with Crippen molar-refractivity contribution in [1.29, 1.82) is 0 Å². The van der Waals surface area contributed by atoms with Gasteiger partial charge in [-0.15, -0.1) is 22.9 Å². The van der Waals surface area contributed by atoms with Crippen LogP contribution < -0.4 is 0 Å². The Bertz CT molecular complexity index is 286. The molecule has 0 aliphatic carbocycles. The Labute approximate surface area is 101 Å². The Hall–Kier alpha value is -0.0500. The van der Waals surface area contributed by atoms with E-state index in [2.05, 4.69) is 29.3 Å². The van der Waals surface area contributed by atoms with Crippen molar-refractivity contribution >= 4 is 22.9 Å². The lowest BCUT2D eigenvalue weighted by atomic mass is 10.0. The van der Waals surface area contributed by atoms with Crippen LogP contribution in [0.1, 0.15) is 30.0 Å². The normalized spacial score (nSPS) is 25.3. The lowest BCUT2D eigenvalue weighted by molar-refractivity contribution is 0.184. The summed E-state index contributed by atoms with van der Waals surface area (Å²) in [6.45, 7) is 5.78. The molecule has 2 atom stereocenters. The van der Waals surface area contributed by atoms with Gasteiger partial charge in [0.2, 0.25) is 0 Å². The van der Waals surface area contributed by atoms with E-state index in [-0.39, 0.29) is 5.38 Å². The number of rotatable bonds is 3. The van der Waals surface area contributed by atoms with Gasteiger partial charge in [0.25, 0.3) is 0 Å². The van der Waals surface area contributed by atoms with Crippen LogP contribution in [0.25, 0.3) is 0 Å². The standard InChI is InChI=1S/C12H18ClNS/c1-10-4-2-6-14(8-10)9-11(13)12-5-3-7-15-12/h3,5,7,10-11H,2,4,6,8-9H2,1H3. The SMILES string of the molecule is CC1CCCN(CC(Cl)c2cccs2)C1. The molecule has 0 spiro atoms. The minimum Gasteiger partial charge on any atom is -0.301 e. The van der Waals surface area contributed by atoms with Crippen LogP contribution >= 0.6 is 22.9 Å². The Kier molecular flexibility index (Phi) is 4.06. The highest BCUT2D eigenvalue weighted by molar-refractivity contribution is 7.10. The van der Waals surface area contributed by atoms with Crippen LogP contribution in [0.2, 0.25) is 0 Å². The summed E-state index contributed by atoms with van der Waals surface area (Å²) in [7, 11) is 0. The molecular weight excluding hydrogens is 226 g/mol. The Morgan fingerprint density at radius 2 is 2.53 bits per heavy atom. The van der Waals surface area contributed by atoms with Crippen LogP contribution in [0, 0.1) is 5.92 Å². The minimum atomic E-state index is 0.176. The maximum atomic E-state index is 6.40. The average Bonchev–Trinajstić information content (AvgIpc) is 2.70. The number of nitrogens with zero attached hydrogens (tertiary/aromatic N) is 1. The van der Waals surface area contributed by atoms with Crippen molar-refractivity contribution in [2.45, 2.75) is 25.1 Å². The lowest BCUT2D eigenvalue weighted by Gasteiger charge is -2.31. The van der Waals surface area contributed by atoms with Crippen molar-refractivity contribution in [2.75, 3.05) is 19.6 Å². The minimum absolute atomic E-state index is 0.176. The molecule has 1 nitrogen and oxygen atoms in total. The van der Waals surface area contributed by atoms with E-state index in [9.17, 15) is 0 Å². The second-order valence-corrected chi connectivity index (χ2v) is 6.00. The molecule has 0 aromatic carbocycles. The first-order valence-electron chi connectivity index (χ1n) is 5.65. The quantitative estimate of drug-likeness (QED) is 0.731. The zero-order chi connectivity index (χ0) is 10.7. The van der Waals surface area contributed by atoms with Crippen LogP contribution in [-0.2, 0) is 0 Å². The summed E-state index contributed by atoms with van der Waals surface area (Å²) in [6, 6.07) is 4.21. The highest BCUT2D eigenvalue weighted by Gasteiger charge is 2.19. The van der Waals surface area contributed by atoms with Gasteiger partial charge >= 0.3 is 0 Å². The molecule has 1 aromatic rings. The van der Waals surface area contributed by atoms with E-state index in [4.69, 9.17) is 11.6 Å². The number of likely N-dealkylation sites (tertiary alicyclic amines) is 1. The van der Waals surface area contributed by atoms with Gasteiger partial charge in [0, 0.05) is 18.0 Å². The summed E-state index contributed by atoms with van der Waals surface area (Å²) in [5.41, 5.74) is 0. The summed E-state index contributed by atoms with van der Waals surface area (Å²) >= 11 is 8.16. The molecule has 0 radical (unpaired) electrons. The highest BCUT2D eigenvalue weighted by Crippen LogP contribution is 2.27. The highest BCUT2D eigenvalue weighted by atomic mass is 35.5. The van der Waals surface area contributed by atoms with Gasteiger partial charge in [-0.25, -0.2) is 0 Å². The van der Waals surface area contributed by atoms with E-state index in [1.165, 1.54) is 30.8 Å². The maximum Gasteiger partial charge on any atom is 0.0805 e. The van der Waals surface area contributed by atoms with Gasteiger partial charge in [0.1, 0.15) is 0 Å². The number of halogens is 1. The predicted octanol–water partition coefficient (Wildman–Crippen LogP) is 3.76. The number of thiophene rings is 1. The molecular formula is C12H18ClNS. The first-order valence-corrected chi connectivity index (χ1v) is 6.97. The van der Waals surface area contributed by atoms with E-state index in [1.807, 2.05) is 0 Å². The Morgan fingerprint density at radius 3 is 3.20 bits per heavy atom. The lowest BCUT2D eigenvalue weighted by Crippen LogP contribution is -2.36. The second-order valence-electron chi connectivity index (χ2n) is 4.49. The zero-order valence-corrected chi connectivity index (χ0v) is 10.7. The third kappa shape index (κ3) is 3.20. The van der Waals surface area contributed by atoms with Crippen molar-refractivity contribution in [3.63, 3.8) is 0 Å². The number of piperidine rings is 1. The van der Waals surface area contributed by atoms with E-state index in [0.717, 1.165) is 12.5 Å². The number of alkyl halides is 1. The molecule has 84 valence electrons. The summed E-state index contributed by atoms with van der Waals surface area (Å²) < 4.78 is 0. The van der Waals surface area contributed by atoms with E-state index >= 15 is 0 Å². The number of hydrogen-bond donors (Lipinski definition) is 0. The van der Waals surface area contributed by atoms with Crippen molar-refractivity contribution in [3.05, 3.63) is 22.4 Å². The fraction of sp³-hybridized carbons (Fsp3) is 0.667. The molecule has 1 fully saturated rings. The molecule has 1 aliphatic heterocycles. The van der Waals surface area contributed by atoms with Gasteiger partial charge in [-0.3, -0.25) is 0 Å². The van der Waals surface area contributed by atoms with Crippen LogP contribution in [0.5, 0.6) is 0 Å². The largest absolute Gasteiger partial charge is 0.301 e. The van der Waals surface area contributed by atoms with Gasteiger partial charge in [0.05, 0.1) is 5.38 Å². The first-order chi connectivity index (χ1) is 7.25. The van der Waals surface area contributed by atoms with Gasteiger partial charge in [-0.1, -0.05) is 13.0 Å². The summed E-state index contributed by atoms with van der Waals surface area (Å²) in [4.78, 5) is 3.81. The van der Waals surface area contributed by atoms with Crippen molar-refractivity contribution in [2.24, 2.45) is 5.92 Å². The molecule has 2 unspecified atom stereocenters. The van der Waals surface area contributed by atoms with Gasteiger partial charge in [0.15, 0.2) is 0 Å². The first kappa shape index (κ1) is 11.4. The van der Waals surface area contributed by atoms with Crippen molar-refractivity contribution < 1.29 is 0 Å². The van der Waals surface area contributed by atoms with Crippen LogP contribution in [-0.4, -0.2) is 24.5 Å². The zero-order valence-electron chi connectivity index (χ0n) is 9.16. The Morgan fingerprint density at radius 1 is 1.67 bits per heavy atom. The van der Waals surface area contributed by atoms with Crippen LogP contribution in [0.4, 0.5) is 0 Å². The fourth-order valence-corrected chi connectivity index (χ4v) is 3.35. The molecule has 2 rings (SSSR count). The summed E-state index contributed by atoms with van der Waals surface area (Å²) in [5, 5.41) is 2.28. The second kappa shape index (κ2) is 5.33. The number of hydrogen-bond acceptors (Lipinski definition) is 2. The Balaban J connectivity index is 1.86. The topological polar surface area (TPSA) is 3.24 Å². The molecule has 2 heterocycles. The molecule has 0 amide bonds. The van der Waals surface area contributed by atoms with Crippen LogP contribution in [0.15, 0.2) is 17.5 Å².